The molecule has 19 fully saturated rings. The van der Waals surface area contributed by atoms with Crippen LogP contribution in [0.3, 0.4) is 0 Å². The van der Waals surface area contributed by atoms with Crippen molar-refractivity contribution in [2.45, 2.75) is 271 Å². The molecule has 19 aliphatic rings. The molecule has 19 saturated heterocycles. The maximum Gasteiger partial charge on any atom is 1.00 e. The first kappa shape index (κ1) is 147. The second-order valence-corrected chi connectivity index (χ2v) is 37.6. The fraction of sp³-hybridized carbons (Fsp3) is 0.833. The molecule has 0 aromatic heterocycles. The third-order valence-corrected chi connectivity index (χ3v) is 27.7. The van der Waals surface area contributed by atoms with Gasteiger partial charge in [-0.15, -0.1) is 23.0 Å². The number of fused-ring (bicyclic) bond motifs is 1. The second kappa shape index (κ2) is 79.0. The summed E-state index contributed by atoms with van der Waals surface area (Å²) in [5.41, 5.74) is 0. The van der Waals surface area contributed by atoms with Gasteiger partial charge in [-0.25, -0.2) is 0 Å². The molecule has 64 heteroatoms. The number of hydrogen-bond donors (Lipinski definition) is 16. The topological polar surface area (TPSA) is 768 Å². The molecule has 0 aromatic carbocycles. The summed E-state index contributed by atoms with van der Waals surface area (Å²) in [6.45, 7) is 15.4. The number of carbonyl (C=O) groups is 4. The average Bonchev–Trinajstić information content (AvgIpc) is 0.774. The third kappa shape index (κ3) is 45.5. The van der Waals surface area contributed by atoms with Crippen LogP contribution in [0.1, 0.15) is 25.7 Å². The van der Waals surface area contributed by atoms with Crippen LogP contribution < -0.4 is 257 Å². The molecular formula is C72H104Na8O48S8. The van der Waals surface area contributed by atoms with Crippen LogP contribution in [0.15, 0.2) is 0 Å². The van der Waals surface area contributed by atoms with Crippen molar-refractivity contribution in [1.29, 1.82) is 0 Å². The first-order valence-corrected chi connectivity index (χ1v) is 48.1. The van der Waals surface area contributed by atoms with Crippen molar-refractivity contribution >= 4 is 143 Å². The molecule has 0 spiro atoms. The summed E-state index contributed by atoms with van der Waals surface area (Å²) >= 11 is 8.14. The zero-order valence-electron chi connectivity index (χ0n) is 75.5. The molecule has 48 nitrogen and oxygen atoms in total. The van der Waals surface area contributed by atoms with E-state index in [1.807, 2.05) is 0 Å². The number of aliphatic hydroxyl groups is 16. The normalized spacial score (nSPS) is 38.4. The number of aliphatic hydroxyl groups excluding tert-OH is 16. The van der Waals surface area contributed by atoms with E-state index in [1.54, 1.807) is 0 Å². The number of carbonyl (C=O) groups excluding carboxylic acids is 12. The summed E-state index contributed by atoms with van der Waals surface area (Å²) in [4.78, 5) is 111. The van der Waals surface area contributed by atoms with Crippen molar-refractivity contribution in [2.75, 3.05) is 92.0 Å². The van der Waals surface area contributed by atoms with Gasteiger partial charge < -0.3 is 225 Å². The van der Waals surface area contributed by atoms with Gasteiger partial charge in [0, 0.05) is 69.9 Å². The molecule has 0 aromatic rings. The summed E-state index contributed by atoms with van der Waals surface area (Å²) in [6.07, 6.45) is -77.7. The summed E-state index contributed by atoms with van der Waals surface area (Å²) in [5.74, 6) is -7.57. The van der Waals surface area contributed by atoms with E-state index >= 15 is 0 Å². The molecule has 16 N–H and O–H groups in total. The molecule has 19 aliphatic heterocycles. The largest absolute Gasteiger partial charge is 1.00 e. The van der Waals surface area contributed by atoms with Crippen LogP contribution >= 0.6 is 94.1 Å². The van der Waals surface area contributed by atoms with Crippen LogP contribution in [0.25, 0.3) is 0 Å². The van der Waals surface area contributed by atoms with Crippen molar-refractivity contribution in [3.8, 4) is 0 Å². The molecule has 136 heavy (non-hydrogen) atoms. The fourth-order valence-corrected chi connectivity index (χ4v) is 20.6. The van der Waals surface area contributed by atoms with E-state index in [-0.39, 0.29) is 353 Å². The Morgan fingerprint density at radius 2 is 0.338 bits per heavy atom. The number of carboxylic acid groups (broad SMARTS) is 4. The molecule has 16 unspecified atom stereocenters. The number of rotatable bonds is 32. The van der Waals surface area contributed by atoms with Crippen molar-refractivity contribution < 1.29 is 472 Å². The predicted molar refractivity (Wildman–Crippen MR) is 423 cm³/mol. The Morgan fingerprint density at radius 3 is 0.493 bits per heavy atom. The van der Waals surface area contributed by atoms with Gasteiger partial charge in [-0.05, 0) is 48.7 Å². The van der Waals surface area contributed by atoms with Crippen LogP contribution in [-0.4, -0.2) is 468 Å². The molecule has 0 amide bonds. The van der Waals surface area contributed by atoms with Gasteiger partial charge in [0.1, 0.15) is 146 Å². The quantitative estimate of drug-likeness (QED) is 0.0169. The third-order valence-electron chi connectivity index (χ3n) is 20.1. The van der Waals surface area contributed by atoms with E-state index in [2.05, 4.69) is 27.7 Å². The number of ether oxygens (including phenoxy) is 16. The summed E-state index contributed by atoms with van der Waals surface area (Å²) in [6, 6.07) is 0. The SMILES string of the molecule is O=C=O.O=C=O.O=C=O.O=C=O.[CH2-]CSCC1O[C@H]2O[C@@H]3C(CSC[CH2-])O[C@H](O[C@@H]4C(CSC[CH2-])O[C@H](O[C@@H]5C(CSCCC(=O)[O-])O[C@H](O[C@@H]6C(CSCCC(=O)[O-])O[C@H](O[C@@H]7C(CSCCC(=O)[O-])O[C@H](O[C@@H]8C(CSCCC(=O)[O-])O[C@H](O[C@@H]9C(CSC[CH2-])O[C@H](O[C@H](C2O)[C@@H]1O)C(O)[C@H]9O)C(O)[C@H]8O)C(O)[C@H]7O)C(O)[C@H]6O)C(O)[C@H]5O)C(O)[C@H]4O)C(O)[C@H]3O.[Na+].[Na+].[Na+].[Na+].[Na+].[Na+].[Na+].[Na+]. The second-order valence-electron chi connectivity index (χ2n) is 28.4. The zero-order chi connectivity index (χ0) is 95.3. The van der Waals surface area contributed by atoms with Crippen LogP contribution in [0.5, 0.6) is 0 Å². The monoisotopic (exact) mass is 2180 g/mol. The number of aliphatic carboxylic acids is 4. The van der Waals surface area contributed by atoms with Gasteiger partial charge in [0.2, 0.25) is 0 Å². The number of carboxylic acids is 4. The standard InChI is InChI=1S/C68H108O40S8.4CO2.8Na/c1-5-109-17-25-37(77)60-52(92)68(93-25)107-55-28(20-112-8-4)95-61(46(86)39(55)79)101-53-26(18-110-6-2)94-62(45(85)38(53)78)103-56-29(21-113-13-9-33(69)70)98-64(48(88)41(56)81)105-58-31(23-115-15-11-35(73)74)100-66(50(90)43(58)83)106-59-32(24-116-16-12-36(75)76)99-65(49(89)42(59)82)104-57-30(22-114-14-10-34(71)72)97-63(47(87)40(57)80)102-54-27(19-111-7-3)96-67(108-60)51(91)44(54)84;4*2-1-3;;;;;;;;/h25-32,37-68,77-92H,1-24H2,(H,69,70)(H,71,72)(H,73,74)(H,75,76);;;;;;;;;;;;/q-4;;;;;8*+1/p-4/t25?,26?,27?,28?,29?,30?,31?,32?,37-,38-,39-,40-,41-,42-,43-,44-,45?,46?,47?,48?,49?,50?,51?,52?,53-,54-,55-,56-,57-,58-,59-,60+,61-,62-,63-,64-,65-,66-,67-,68+;;;;;;;;;;;;/m1............/s1. The van der Waals surface area contributed by atoms with Crippen molar-refractivity contribution in [3.05, 3.63) is 27.7 Å². The molecule has 19 heterocycles. The maximum absolute atomic E-state index is 12.3. The van der Waals surface area contributed by atoms with Gasteiger partial charge in [-0.2, -0.15) is 132 Å². The summed E-state index contributed by atoms with van der Waals surface area (Å²) in [7, 11) is 0. The molecule has 0 aliphatic carbocycles. The van der Waals surface area contributed by atoms with Gasteiger partial charge in [0.05, 0.1) is 48.8 Å². The van der Waals surface area contributed by atoms with E-state index in [0.29, 0.717) is 0 Å². The Kier molecular flexibility index (Phi) is 85.4. The number of thioether (sulfide) groups is 8. The Labute approximate surface area is 992 Å². The first-order valence-electron chi connectivity index (χ1n) is 38.9. The average molecular weight is 2180 g/mol. The molecular weight excluding hydrogens is 2070 g/mol. The summed E-state index contributed by atoms with van der Waals surface area (Å²) < 4.78 is 100. The van der Waals surface area contributed by atoms with E-state index < -0.39 is 295 Å². The van der Waals surface area contributed by atoms with Crippen molar-refractivity contribution in [1.82, 2.24) is 0 Å². The smallest absolute Gasteiger partial charge is 0.550 e. The Morgan fingerprint density at radius 1 is 0.206 bits per heavy atom. The Balaban J connectivity index is -0.00000413. The minimum absolute atomic E-state index is 0. The molecule has 0 saturated carbocycles. The number of hydrogen-bond acceptors (Lipinski definition) is 56. The molecule has 0 radical (unpaired) electrons. The zero-order valence-corrected chi connectivity index (χ0v) is 98.1. The van der Waals surface area contributed by atoms with E-state index in [1.165, 1.54) is 11.8 Å². The van der Waals surface area contributed by atoms with Gasteiger partial charge in [-0.3, -0.25) is 0 Å². The van der Waals surface area contributed by atoms with E-state index in [0.717, 1.165) is 82.3 Å². The van der Waals surface area contributed by atoms with Gasteiger partial charge in [-0.1, -0.05) is 0 Å². The van der Waals surface area contributed by atoms with Gasteiger partial charge >= 0.3 is 261 Å². The fourth-order valence-electron chi connectivity index (χ4n) is 14.0. The maximum atomic E-state index is 12.3. The van der Waals surface area contributed by atoms with Crippen molar-refractivity contribution in [2.24, 2.45) is 0 Å². The van der Waals surface area contributed by atoms with E-state index in [9.17, 15) is 121 Å². The van der Waals surface area contributed by atoms with Gasteiger partial charge in [0.15, 0.2) is 50.3 Å². The minimum atomic E-state index is -2.28. The Hall–Kier alpha value is 4.92. The molecule has 736 valence electrons. The molecule has 19 rings (SSSR count). The summed E-state index contributed by atoms with van der Waals surface area (Å²) in [5, 5.41) is 240. The van der Waals surface area contributed by atoms with E-state index in [4.69, 9.17) is 114 Å². The van der Waals surface area contributed by atoms with Crippen molar-refractivity contribution in [3.63, 3.8) is 0 Å². The first-order chi connectivity index (χ1) is 61.0. The molecule has 16 bridgehead atoms. The van der Waals surface area contributed by atoms with Gasteiger partial charge in [0.25, 0.3) is 0 Å². The van der Waals surface area contributed by atoms with Crippen LogP contribution in [0, 0.1) is 27.7 Å². The predicted octanol–water partition coefficient (Wildman–Crippen LogP) is -37.9. The minimum Gasteiger partial charge on any atom is -0.550 e. The van der Waals surface area contributed by atoms with Crippen LogP contribution in [0.4, 0.5) is 0 Å². The van der Waals surface area contributed by atoms with Crippen LogP contribution in [-0.2, 0) is 133 Å². The van der Waals surface area contributed by atoms with Crippen LogP contribution in [0.2, 0.25) is 0 Å². The Bertz CT molecular complexity index is 3360. The molecule has 40 atom stereocenters.